The molecule has 2 unspecified atom stereocenters. The van der Waals surface area contributed by atoms with E-state index in [9.17, 15) is 9.59 Å². The van der Waals surface area contributed by atoms with Gasteiger partial charge in [-0.2, -0.15) is 9.98 Å². The number of ether oxygens (including phenoxy) is 1. The number of amides is 1. The van der Waals surface area contributed by atoms with E-state index in [1.807, 2.05) is 4.90 Å². The average Bonchev–Trinajstić information content (AvgIpc) is 2.73. The smallest absolute Gasteiger partial charge is 0.284 e. The molecule has 2 fully saturated rings. The summed E-state index contributed by atoms with van der Waals surface area (Å²) in [5.74, 6) is 0.635. The lowest BCUT2D eigenvalue weighted by molar-refractivity contribution is -0.120. The van der Waals surface area contributed by atoms with Crippen LogP contribution in [0.1, 0.15) is 38.5 Å². The Labute approximate surface area is 164 Å². The Kier molecular flexibility index (Phi) is 4.55. The molecule has 0 aromatic heterocycles. The number of rotatable bonds is 1. The Hall–Kier alpha value is -2.41. The molecule has 1 amide bonds. The fourth-order valence-electron chi connectivity index (χ4n) is 4.84. The average molecular weight is 380 g/mol. The number of hydrogen-bond donors (Lipinski definition) is 0. The van der Waals surface area contributed by atoms with E-state index in [1.165, 1.54) is 0 Å². The van der Waals surface area contributed by atoms with Crippen LogP contribution in [0.25, 0.3) is 0 Å². The number of allylic oxidation sites excluding steroid dienone is 3. The van der Waals surface area contributed by atoms with Gasteiger partial charge in [-0.1, -0.05) is 12.2 Å². The van der Waals surface area contributed by atoms with E-state index in [4.69, 9.17) is 9.73 Å². The summed E-state index contributed by atoms with van der Waals surface area (Å²) in [6.07, 6.45) is 9.30. The number of morpholine rings is 1. The van der Waals surface area contributed by atoms with E-state index in [0.29, 0.717) is 50.1 Å². The fraction of sp³-hybridized carbons (Fsp3) is 0.571. The zero-order valence-electron chi connectivity index (χ0n) is 15.9. The summed E-state index contributed by atoms with van der Waals surface area (Å²) in [6.45, 7) is 2.54. The van der Waals surface area contributed by atoms with Crippen molar-refractivity contribution in [3.8, 4) is 0 Å². The molecule has 0 radical (unpaired) electrons. The number of carbonyl (C=O) groups is 2. The highest BCUT2D eigenvalue weighted by atomic mass is 16.5. The van der Waals surface area contributed by atoms with Crippen molar-refractivity contribution in [1.29, 1.82) is 0 Å². The third-order valence-corrected chi connectivity index (χ3v) is 6.21. The van der Waals surface area contributed by atoms with Gasteiger partial charge in [0, 0.05) is 25.2 Å². The summed E-state index contributed by atoms with van der Waals surface area (Å²) >= 11 is 0. The van der Waals surface area contributed by atoms with Crippen molar-refractivity contribution < 1.29 is 14.3 Å². The Morgan fingerprint density at radius 2 is 1.89 bits per heavy atom. The molecule has 28 heavy (non-hydrogen) atoms. The van der Waals surface area contributed by atoms with Crippen LogP contribution in [-0.2, 0) is 14.3 Å². The first-order valence-corrected chi connectivity index (χ1v) is 10.3. The maximum Gasteiger partial charge on any atom is 0.284 e. The van der Waals surface area contributed by atoms with Crippen LogP contribution in [0, 0.1) is 11.8 Å². The summed E-state index contributed by atoms with van der Waals surface area (Å²) < 4.78 is 5.39. The van der Waals surface area contributed by atoms with Gasteiger partial charge in [0.05, 0.1) is 24.7 Å². The van der Waals surface area contributed by atoms with Crippen LogP contribution in [0.2, 0.25) is 0 Å². The van der Waals surface area contributed by atoms with Crippen LogP contribution in [-0.4, -0.2) is 60.4 Å². The molecule has 0 N–H and O–H groups in total. The van der Waals surface area contributed by atoms with Gasteiger partial charge in [-0.05, 0) is 43.6 Å². The van der Waals surface area contributed by atoms with Crippen LogP contribution in [0.15, 0.2) is 38.3 Å². The minimum atomic E-state index is -0.344. The molecule has 0 bridgehead atoms. The van der Waals surface area contributed by atoms with Gasteiger partial charge in [0.25, 0.3) is 5.91 Å². The molecule has 3 aliphatic heterocycles. The number of amidine groups is 1. The molecule has 0 aromatic rings. The van der Waals surface area contributed by atoms with Crippen molar-refractivity contribution >= 4 is 29.2 Å². The Balaban J connectivity index is 1.60. The molecule has 5 aliphatic rings. The zero-order valence-corrected chi connectivity index (χ0v) is 15.9. The normalized spacial score (nSPS) is 30.4. The van der Waals surface area contributed by atoms with Crippen LogP contribution in [0.5, 0.6) is 0 Å². The molecular formula is C21H24N4O3. The maximum absolute atomic E-state index is 13.1. The van der Waals surface area contributed by atoms with Crippen LogP contribution in [0.4, 0.5) is 0 Å². The van der Waals surface area contributed by atoms with E-state index >= 15 is 0 Å². The molecule has 7 nitrogen and oxygen atoms in total. The number of ketones is 1. The van der Waals surface area contributed by atoms with Crippen LogP contribution in [0.3, 0.4) is 0 Å². The number of fused-ring (bicyclic) bond motifs is 2. The molecule has 7 heteroatoms. The van der Waals surface area contributed by atoms with Gasteiger partial charge in [-0.25, -0.2) is 4.99 Å². The molecule has 2 aliphatic carbocycles. The van der Waals surface area contributed by atoms with E-state index in [-0.39, 0.29) is 23.5 Å². The first kappa shape index (κ1) is 17.7. The number of carbonyl (C=O) groups excluding carboxylic acids is 2. The molecule has 3 heterocycles. The van der Waals surface area contributed by atoms with Gasteiger partial charge in [0.1, 0.15) is 5.78 Å². The number of guanidine groups is 1. The summed E-state index contributed by atoms with van der Waals surface area (Å²) in [4.78, 5) is 41.7. The largest absolute Gasteiger partial charge is 0.378 e. The number of nitrogens with zero attached hydrogens (tertiary/aromatic N) is 4. The topological polar surface area (TPSA) is 83.7 Å². The molecule has 0 spiro atoms. The van der Waals surface area contributed by atoms with Gasteiger partial charge in [0.15, 0.2) is 5.84 Å². The highest BCUT2D eigenvalue weighted by molar-refractivity contribution is 6.33. The summed E-state index contributed by atoms with van der Waals surface area (Å²) in [6, 6.07) is 0. The summed E-state index contributed by atoms with van der Waals surface area (Å²) in [5.41, 5.74) is 2.31. The van der Waals surface area contributed by atoms with Gasteiger partial charge < -0.3 is 9.64 Å². The number of dihydropyridines is 1. The molecule has 146 valence electrons. The molecule has 5 rings (SSSR count). The Bertz CT molecular complexity index is 874. The number of hydrogen-bond acceptors (Lipinski definition) is 6. The second-order valence-electron chi connectivity index (χ2n) is 7.92. The standard InChI is InChI=1S/C21H24N4O3/c26-15-8-4-7-14-17(15)16(13-5-2-1-3-6-13)18-19(22-14)23-21(24-20(18)27)25-9-11-28-12-10-25/h1-2,13,17H,3-12H2. The highest BCUT2D eigenvalue weighted by Crippen LogP contribution is 2.41. The van der Waals surface area contributed by atoms with Crippen molar-refractivity contribution in [3.05, 3.63) is 23.3 Å². The zero-order chi connectivity index (χ0) is 19.1. The van der Waals surface area contributed by atoms with Crippen LogP contribution < -0.4 is 0 Å². The van der Waals surface area contributed by atoms with E-state index in [2.05, 4.69) is 22.1 Å². The van der Waals surface area contributed by atoms with E-state index in [0.717, 1.165) is 43.4 Å². The predicted octanol–water partition coefficient (Wildman–Crippen LogP) is 2.09. The summed E-state index contributed by atoms with van der Waals surface area (Å²) in [7, 11) is 0. The van der Waals surface area contributed by atoms with Crippen molar-refractivity contribution in [2.24, 2.45) is 26.8 Å². The van der Waals surface area contributed by atoms with Gasteiger partial charge >= 0.3 is 0 Å². The lowest BCUT2D eigenvalue weighted by atomic mass is 9.70. The second-order valence-corrected chi connectivity index (χ2v) is 7.92. The van der Waals surface area contributed by atoms with E-state index < -0.39 is 0 Å². The lowest BCUT2D eigenvalue weighted by Crippen LogP contribution is -2.44. The fourth-order valence-corrected chi connectivity index (χ4v) is 4.84. The summed E-state index contributed by atoms with van der Waals surface area (Å²) in [5, 5.41) is 0. The Morgan fingerprint density at radius 3 is 2.68 bits per heavy atom. The first-order valence-electron chi connectivity index (χ1n) is 10.3. The minimum absolute atomic E-state index is 0.187. The van der Waals surface area contributed by atoms with Crippen molar-refractivity contribution in [3.63, 3.8) is 0 Å². The number of Topliss-reactive ketones (excluding diaryl/α,β-unsaturated/α-hetero) is 1. The van der Waals surface area contributed by atoms with E-state index in [1.54, 1.807) is 0 Å². The molecule has 1 saturated carbocycles. The van der Waals surface area contributed by atoms with Crippen molar-refractivity contribution in [1.82, 2.24) is 4.90 Å². The molecule has 1 saturated heterocycles. The highest BCUT2D eigenvalue weighted by Gasteiger charge is 2.43. The van der Waals surface area contributed by atoms with Gasteiger partial charge in [-0.3, -0.25) is 9.59 Å². The third-order valence-electron chi connectivity index (χ3n) is 6.21. The number of aliphatic imine (C=N–C) groups is 3. The van der Waals surface area contributed by atoms with Crippen molar-refractivity contribution in [2.45, 2.75) is 38.5 Å². The second kappa shape index (κ2) is 7.20. The Morgan fingerprint density at radius 1 is 1.04 bits per heavy atom. The first-order chi connectivity index (χ1) is 13.7. The minimum Gasteiger partial charge on any atom is -0.378 e. The van der Waals surface area contributed by atoms with Gasteiger partial charge in [0.2, 0.25) is 5.96 Å². The van der Waals surface area contributed by atoms with Crippen LogP contribution >= 0.6 is 0 Å². The third kappa shape index (κ3) is 2.98. The molecule has 0 aromatic carbocycles. The SMILES string of the molecule is O=C1N=C(N2CCOCC2)N=C2N=C3CCCC(=O)C3C(C3CC=CCC3)=C12. The van der Waals surface area contributed by atoms with Crippen molar-refractivity contribution in [2.75, 3.05) is 26.3 Å². The van der Waals surface area contributed by atoms with Gasteiger partial charge in [-0.15, -0.1) is 0 Å². The maximum atomic E-state index is 13.1. The predicted molar refractivity (Wildman–Crippen MR) is 106 cm³/mol. The molecule has 2 atom stereocenters. The molecular weight excluding hydrogens is 356 g/mol. The monoisotopic (exact) mass is 380 g/mol. The quantitative estimate of drug-likeness (QED) is 0.652. The lowest BCUT2D eigenvalue weighted by Gasteiger charge is -2.36.